The van der Waals surface area contributed by atoms with Gasteiger partial charge in [-0.05, 0) is 73.9 Å². The number of amides is 3. The number of aryl methyl sites for hydroxylation is 1. The molecule has 184 valence electrons. The zero-order valence-electron chi connectivity index (χ0n) is 20.0. The van der Waals surface area contributed by atoms with Gasteiger partial charge < -0.3 is 10.1 Å². The van der Waals surface area contributed by atoms with Crippen molar-refractivity contribution < 1.29 is 19.1 Å². The maximum Gasteiger partial charge on any atom is 0.255 e. The van der Waals surface area contributed by atoms with E-state index in [1.54, 1.807) is 60.8 Å². The summed E-state index contributed by atoms with van der Waals surface area (Å²) in [6, 6.07) is 17.0. The van der Waals surface area contributed by atoms with Gasteiger partial charge in [0.1, 0.15) is 17.4 Å². The summed E-state index contributed by atoms with van der Waals surface area (Å²) >= 11 is 0. The molecule has 1 fully saturated rings. The van der Waals surface area contributed by atoms with Crippen LogP contribution in [0, 0.1) is 30.1 Å². The van der Waals surface area contributed by atoms with Crippen molar-refractivity contribution in [3.8, 4) is 17.7 Å². The number of allylic oxidation sites excluding steroid dienone is 2. The molecule has 1 aromatic heterocycles. The quantitative estimate of drug-likeness (QED) is 0.512. The molecule has 2 aliphatic rings. The van der Waals surface area contributed by atoms with Gasteiger partial charge in [0, 0.05) is 17.4 Å². The van der Waals surface area contributed by atoms with E-state index < -0.39 is 5.92 Å². The van der Waals surface area contributed by atoms with Crippen molar-refractivity contribution >= 4 is 29.1 Å². The van der Waals surface area contributed by atoms with Crippen LogP contribution >= 0.6 is 0 Å². The van der Waals surface area contributed by atoms with Crippen molar-refractivity contribution in [3.63, 3.8) is 0 Å². The summed E-state index contributed by atoms with van der Waals surface area (Å²) in [5.74, 6) is -0.853. The van der Waals surface area contributed by atoms with Crippen molar-refractivity contribution in [1.82, 2.24) is 10.4 Å². The SMILES string of the molecule is Cc1cc(Oc2ncccc2C#N)ccc1NC(=O)c1cccc(N2NC(=O)[C@@H]3CC=CC[C@H]3C2=O)c1. The minimum Gasteiger partial charge on any atom is -0.438 e. The molecule has 3 aromatic rings. The number of ether oxygens (including phenoxy) is 1. The first-order valence-corrected chi connectivity index (χ1v) is 11.8. The smallest absolute Gasteiger partial charge is 0.255 e. The summed E-state index contributed by atoms with van der Waals surface area (Å²) in [5.41, 5.74) is 5.06. The number of anilines is 2. The molecule has 9 nitrogen and oxygen atoms in total. The third-order valence-electron chi connectivity index (χ3n) is 6.45. The first kappa shape index (κ1) is 23.8. The number of carbonyl (C=O) groups is 3. The van der Waals surface area contributed by atoms with E-state index in [1.807, 2.05) is 25.1 Å². The minimum atomic E-state index is -0.407. The lowest BCUT2D eigenvalue weighted by Crippen LogP contribution is -2.59. The summed E-state index contributed by atoms with van der Waals surface area (Å²) in [7, 11) is 0. The Bertz CT molecular complexity index is 1480. The highest BCUT2D eigenvalue weighted by atomic mass is 16.5. The van der Waals surface area contributed by atoms with Crippen LogP contribution in [0.4, 0.5) is 11.4 Å². The maximum atomic E-state index is 13.1. The van der Waals surface area contributed by atoms with Gasteiger partial charge in [-0.3, -0.25) is 19.8 Å². The summed E-state index contributed by atoms with van der Waals surface area (Å²) < 4.78 is 5.74. The standard InChI is InChI=1S/C28H23N5O4/c1-17-14-21(37-27-19(16-29)7-5-13-30-27)11-12-24(17)31-25(34)18-6-4-8-20(15-18)33-28(36)23-10-3-2-9-22(23)26(35)32-33/h2-8,11-15,22-23H,9-10H2,1H3,(H,31,34)(H,32,35)/t22-,23-/m1/s1. The monoisotopic (exact) mass is 493 g/mol. The van der Waals surface area contributed by atoms with Crippen LogP contribution < -0.4 is 20.5 Å². The van der Waals surface area contributed by atoms with Crippen LogP contribution in [0.3, 0.4) is 0 Å². The zero-order valence-corrected chi connectivity index (χ0v) is 20.0. The van der Waals surface area contributed by atoms with Crippen LogP contribution in [-0.2, 0) is 9.59 Å². The molecule has 1 aliphatic heterocycles. The van der Waals surface area contributed by atoms with Crippen molar-refractivity contribution in [2.75, 3.05) is 10.3 Å². The Morgan fingerprint density at radius 2 is 1.92 bits per heavy atom. The highest BCUT2D eigenvalue weighted by molar-refractivity contribution is 6.07. The number of nitrogens with zero attached hydrogens (tertiary/aromatic N) is 3. The van der Waals surface area contributed by atoms with Crippen LogP contribution in [0.25, 0.3) is 0 Å². The molecular formula is C28H23N5O4. The molecule has 37 heavy (non-hydrogen) atoms. The van der Waals surface area contributed by atoms with Gasteiger partial charge in [-0.1, -0.05) is 18.2 Å². The van der Waals surface area contributed by atoms with Crippen LogP contribution in [0.2, 0.25) is 0 Å². The first-order valence-electron chi connectivity index (χ1n) is 11.8. The van der Waals surface area contributed by atoms with E-state index >= 15 is 0 Å². The predicted octanol–water partition coefficient (Wildman–Crippen LogP) is 4.27. The summed E-state index contributed by atoms with van der Waals surface area (Å²) in [4.78, 5) is 42.8. The van der Waals surface area contributed by atoms with E-state index in [1.165, 1.54) is 5.01 Å². The number of pyridine rings is 1. The number of carbonyl (C=O) groups excluding carboxylic acids is 3. The number of nitriles is 1. The van der Waals surface area contributed by atoms with E-state index in [4.69, 9.17) is 4.74 Å². The number of hydrogen-bond acceptors (Lipinski definition) is 6. The molecule has 0 unspecified atom stereocenters. The maximum absolute atomic E-state index is 13.1. The Balaban J connectivity index is 1.31. The van der Waals surface area contributed by atoms with Gasteiger partial charge in [-0.25, -0.2) is 9.99 Å². The summed E-state index contributed by atoms with van der Waals surface area (Å²) in [6.45, 7) is 1.82. The van der Waals surface area contributed by atoms with Crippen molar-refractivity contribution in [1.29, 1.82) is 5.26 Å². The minimum absolute atomic E-state index is 0.189. The molecule has 3 amide bonds. The Morgan fingerprint density at radius 3 is 2.70 bits per heavy atom. The average molecular weight is 494 g/mol. The highest BCUT2D eigenvalue weighted by Gasteiger charge is 2.42. The third-order valence-corrected chi connectivity index (χ3v) is 6.45. The number of hydrogen-bond donors (Lipinski definition) is 2. The van der Waals surface area contributed by atoms with E-state index in [0.717, 1.165) is 5.56 Å². The normalized spacial score (nSPS) is 18.4. The van der Waals surface area contributed by atoms with E-state index in [0.29, 0.717) is 41.1 Å². The molecule has 2 N–H and O–H groups in total. The van der Waals surface area contributed by atoms with Crippen molar-refractivity contribution in [2.24, 2.45) is 11.8 Å². The number of hydrazine groups is 1. The molecular weight excluding hydrogens is 470 g/mol. The fourth-order valence-electron chi connectivity index (χ4n) is 4.47. The number of benzene rings is 2. The second-order valence-corrected chi connectivity index (χ2v) is 8.86. The Hall–Kier alpha value is -4.97. The largest absolute Gasteiger partial charge is 0.438 e. The number of aromatic nitrogens is 1. The molecule has 1 saturated heterocycles. The molecule has 1 aliphatic carbocycles. The predicted molar refractivity (Wildman–Crippen MR) is 136 cm³/mol. The lowest BCUT2D eigenvalue weighted by molar-refractivity contribution is -0.139. The van der Waals surface area contributed by atoms with Gasteiger partial charge in [-0.15, -0.1) is 0 Å². The van der Waals surface area contributed by atoms with E-state index in [9.17, 15) is 19.6 Å². The fourth-order valence-corrected chi connectivity index (χ4v) is 4.47. The second kappa shape index (κ2) is 9.95. The average Bonchev–Trinajstić information content (AvgIpc) is 2.92. The molecule has 0 saturated carbocycles. The van der Waals surface area contributed by atoms with Crippen LogP contribution in [-0.4, -0.2) is 22.7 Å². The Labute approximate surface area is 213 Å². The van der Waals surface area contributed by atoms with Crippen LogP contribution in [0.1, 0.15) is 34.3 Å². The third kappa shape index (κ3) is 4.77. The van der Waals surface area contributed by atoms with Gasteiger partial charge in [0.2, 0.25) is 17.7 Å². The van der Waals surface area contributed by atoms with Crippen molar-refractivity contribution in [2.45, 2.75) is 19.8 Å². The Kier molecular flexibility index (Phi) is 6.39. The number of rotatable bonds is 5. The molecule has 2 atom stereocenters. The number of nitrogens with one attached hydrogen (secondary N) is 2. The first-order chi connectivity index (χ1) is 17.9. The Morgan fingerprint density at radius 1 is 1.11 bits per heavy atom. The lowest BCUT2D eigenvalue weighted by atomic mass is 9.80. The van der Waals surface area contributed by atoms with Gasteiger partial charge in [0.15, 0.2) is 0 Å². The van der Waals surface area contributed by atoms with Crippen LogP contribution in [0.15, 0.2) is 72.9 Å². The lowest BCUT2D eigenvalue weighted by Gasteiger charge is -2.38. The second-order valence-electron chi connectivity index (χ2n) is 8.86. The molecule has 0 radical (unpaired) electrons. The van der Waals surface area contributed by atoms with Gasteiger partial charge >= 0.3 is 0 Å². The summed E-state index contributed by atoms with van der Waals surface area (Å²) in [5, 5.41) is 13.3. The molecule has 0 bridgehead atoms. The molecule has 0 spiro atoms. The summed E-state index contributed by atoms with van der Waals surface area (Å²) in [6.07, 6.45) is 6.46. The highest BCUT2D eigenvalue weighted by Crippen LogP contribution is 2.33. The van der Waals surface area contributed by atoms with E-state index in [-0.39, 0.29) is 29.5 Å². The molecule has 5 rings (SSSR count). The molecule has 2 aromatic carbocycles. The van der Waals surface area contributed by atoms with E-state index in [2.05, 4.69) is 15.7 Å². The molecule has 9 heteroatoms. The number of fused-ring (bicyclic) bond motifs is 1. The zero-order chi connectivity index (χ0) is 25.9. The van der Waals surface area contributed by atoms with Gasteiger partial charge in [0.05, 0.1) is 17.5 Å². The fraction of sp³-hybridized carbons (Fsp3) is 0.179. The van der Waals surface area contributed by atoms with Crippen LogP contribution in [0.5, 0.6) is 11.6 Å². The topological polar surface area (TPSA) is 124 Å². The van der Waals surface area contributed by atoms with Crippen molar-refractivity contribution in [3.05, 3.63) is 89.6 Å². The molecule has 2 heterocycles. The van der Waals surface area contributed by atoms with Gasteiger partial charge in [-0.2, -0.15) is 5.26 Å². The van der Waals surface area contributed by atoms with Gasteiger partial charge in [0.25, 0.3) is 5.91 Å².